The van der Waals surface area contributed by atoms with Crippen LogP contribution in [0.1, 0.15) is 49.7 Å². The van der Waals surface area contributed by atoms with Crippen molar-refractivity contribution >= 4 is 5.69 Å². The van der Waals surface area contributed by atoms with E-state index in [9.17, 15) is 9.50 Å². The number of nitrogens with zero attached hydrogens (tertiary/aromatic N) is 2. The molecule has 35 heavy (non-hydrogen) atoms. The fourth-order valence-corrected chi connectivity index (χ4v) is 6.13. The molecular weight excluding hydrogens is 435 g/mol. The van der Waals surface area contributed by atoms with Gasteiger partial charge in [0.25, 0.3) is 0 Å². The Balaban J connectivity index is 1.25. The summed E-state index contributed by atoms with van der Waals surface area (Å²) in [6.45, 7) is 4.84. The molecule has 1 unspecified atom stereocenters. The van der Waals surface area contributed by atoms with Crippen LogP contribution in [0.4, 0.5) is 10.1 Å². The average molecular weight is 472 g/mol. The third-order valence-electron chi connectivity index (χ3n) is 8.19. The zero-order chi connectivity index (χ0) is 24.1. The first kappa shape index (κ1) is 24.0. The summed E-state index contributed by atoms with van der Waals surface area (Å²) in [4.78, 5) is 4.95. The molecule has 0 aliphatic carbocycles. The highest BCUT2D eigenvalue weighted by Crippen LogP contribution is 2.40. The summed E-state index contributed by atoms with van der Waals surface area (Å²) in [6.07, 6.45) is 5.95. The van der Waals surface area contributed by atoms with E-state index >= 15 is 0 Å². The first-order valence-corrected chi connectivity index (χ1v) is 13.0. The predicted octanol–water partition coefficient (Wildman–Crippen LogP) is 5.93. The van der Waals surface area contributed by atoms with Gasteiger partial charge >= 0.3 is 0 Å². The average Bonchev–Trinajstić information content (AvgIpc) is 2.91. The molecule has 3 aromatic rings. The molecule has 2 aliphatic rings. The van der Waals surface area contributed by atoms with E-state index in [4.69, 9.17) is 0 Å². The van der Waals surface area contributed by atoms with E-state index in [2.05, 4.69) is 28.0 Å². The molecule has 2 fully saturated rings. The molecule has 0 aromatic heterocycles. The van der Waals surface area contributed by atoms with Crippen LogP contribution in [0.2, 0.25) is 0 Å². The number of aliphatic hydroxyl groups is 1. The number of piperidine rings is 2. The van der Waals surface area contributed by atoms with Crippen LogP contribution in [-0.4, -0.2) is 42.7 Å². The number of benzene rings is 3. The molecule has 4 heteroatoms. The Bertz CT molecular complexity index is 1060. The molecule has 0 spiro atoms. The van der Waals surface area contributed by atoms with Gasteiger partial charge in [-0.2, -0.15) is 0 Å². The zero-order valence-corrected chi connectivity index (χ0v) is 20.5. The number of hydrogen-bond donors (Lipinski definition) is 1. The van der Waals surface area contributed by atoms with Crippen molar-refractivity contribution in [1.29, 1.82) is 0 Å². The van der Waals surface area contributed by atoms with E-state index in [0.717, 1.165) is 82.5 Å². The van der Waals surface area contributed by atoms with E-state index in [1.807, 2.05) is 54.6 Å². The first-order chi connectivity index (χ1) is 17.1. The maximum atomic E-state index is 13.8. The summed E-state index contributed by atoms with van der Waals surface area (Å²) in [6, 6.07) is 28.9. The Kier molecular flexibility index (Phi) is 7.22. The third-order valence-corrected chi connectivity index (χ3v) is 8.19. The number of rotatable bonds is 7. The lowest BCUT2D eigenvalue weighted by atomic mass is 9.71. The molecule has 0 saturated carbocycles. The van der Waals surface area contributed by atoms with Gasteiger partial charge in [0, 0.05) is 43.3 Å². The molecule has 3 aromatic carbocycles. The Hall–Kier alpha value is -2.69. The minimum absolute atomic E-state index is 0.0101. The van der Waals surface area contributed by atoms with Crippen molar-refractivity contribution < 1.29 is 9.50 Å². The van der Waals surface area contributed by atoms with Gasteiger partial charge in [0.1, 0.15) is 5.82 Å². The van der Waals surface area contributed by atoms with Gasteiger partial charge in [-0.15, -0.1) is 0 Å². The van der Waals surface area contributed by atoms with Crippen LogP contribution < -0.4 is 4.90 Å². The van der Waals surface area contributed by atoms with E-state index in [-0.39, 0.29) is 11.2 Å². The van der Waals surface area contributed by atoms with Crippen LogP contribution >= 0.6 is 0 Å². The Morgan fingerprint density at radius 1 is 0.829 bits per heavy atom. The molecule has 1 atom stereocenters. The summed E-state index contributed by atoms with van der Waals surface area (Å²) >= 11 is 0. The van der Waals surface area contributed by atoms with Gasteiger partial charge in [0.15, 0.2) is 0 Å². The van der Waals surface area contributed by atoms with Crippen LogP contribution in [0.25, 0.3) is 0 Å². The number of anilines is 1. The van der Waals surface area contributed by atoms with Crippen LogP contribution in [0.3, 0.4) is 0 Å². The second-order valence-corrected chi connectivity index (χ2v) is 10.4. The van der Waals surface area contributed by atoms with E-state index in [1.54, 1.807) is 12.1 Å². The maximum Gasteiger partial charge on any atom is 0.123 e. The van der Waals surface area contributed by atoms with Gasteiger partial charge in [0.05, 0.1) is 5.60 Å². The molecule has 183 valence electrons. The third kappa shape index (κ3) is 5.44. The van der Waals surface area contributed by atoms with Crippen molar-refractivity contribution in [3.63, 3.8) is 0 Å². The fourth-order valence-electron chi connectivity index (χ4n) is 6.13. The largest absolute Gasteiger partial charge is 0.385 e. The van der Waals surface area contributed by atoms with Gasteiger partial charge < -0.3 is 14.9 Å². The van der Waals surface area contributed by atoms with Gasteiger partial charge in [0.2, 0.25) is 0 Å². The number of halogens is 1. The smallest absolute Gasteiger partial charge is 0.123 e. The Labute approximate surface area is 209 Å². The summed E-state index contributed by atoms with van der Waals surface area (Å²) in [5.74, 6) is -0.174. The van der Waals surface area contributed by atoms with E-state index in [0.29, 0.717) is 0 Å². The van der Waals surface area contributed by atoms with Crippen molar-refractivity contribution in [3.8, 4) is 0 Å². The monoisotopic (exact) mass is 471 g/mol. The van der Waals surface area contributed by atoms with Crippen LogP contribution in [0, 0.1) is 11.9 Å². The van der Waals surface area contributed by atoms with Crippen molar-refractivity contribution in [2.24, 2.45) is 0 Å². The summed E-state index contributed by atoms with van der Waals surface area (Å²) in [5, 5.41) is 11.2. The summed E-state index contributed by atoms with van der Waals surface area (Å²) < 4.78 is 13.8. The SMILES string of the molecule is OC1(c2ccccc2)CCN(CCCC2(c3ccc(F)cc3)CCCN(c3[c]cccc3)C2)CC1. The van der Waals surface area contributed by atoms with Gasteiger partial charge in [-0.25, -0.2) is 4.39 Å². The molecule has 2 saturated heterocycles. The van der Waals surface area contributed by atoms with Crippen LogP contribution in [0.15, 0.2) is 78.9 Å². The van der Waals surface area contributed by atoms with E-state index < -0.39 is 5.60 Å². The first-order valence-electron chi connectivity index (χ1n) is 13.0. The lowest BCUT2D eigenvalue weighted by molar-refractivity contribution is -0.0264. The lowest BCUT2D eigenvalue weighted by Gasteiger charge is -2.45. The molecule has 5 rings (SSSR count). The highest BCUT2D eigenvalue weighted by atomic mass is 19.1. The summed E-state index contributed by atoms with van der Waals surface area (Å²) in [5.41, 5.74) is 2.74. The molecule has 0 amide bonds. The quantitative estimate of drug-likeness (QED) is 0.463. The standard InChI is InChI=1S/C31H36FN2O/c32-28-15-13-26(14-16-28)30(18-8-22-34(25-30)29-11-5-2-6-12-29)17-7-21-33-23-19-31(35,20-24-33)27-9-3-1-4-10-27/h1-6,9-11,13-16,35H,7-8,17-25H2. The minimum atomic E-state index is -0.705. The van der Waals surface area contributed by atoms with Gasteiger partial charge in [-0.1, -0.05) is 60.7 Å². The molecule has 1 radical (unpaired) electrons. The van der Waals surface area contributed by atoms with Crippen LogP contribution in [-0.2, 0) is 11.0 Å². The van der Waals surface area contributed by atoms with Gasteiger partial charge in [-0.05, 0) is 74.4 Å². The van der Waals surface area contributed by atoms with Crippen molar-refractivity contribution in [3.05, 3.63) is 102 Å². The van der Waals surface area contributed by atoms with Crippen molar-refractivity contribution in [2.75, 3.05) is 37.6 Å². The van der Waals surface area contributed by atoms with Crippen molar-refractivity contribution in [1.82, 2.24) is 4.90 Å². The second kappa shape index (κ2) is 10.5. The maximum absolute atomic E-state index is 13.8. The molecule has 3 nitrogen and oxygen atoms in total. The Morgan fingerprint density at radius 3 is 2.29 bits per heavy atom. The molecule has 2 aliphatic heterocycles. The number of likely N-dealkylation sites (tertiary alicyclic amines) is 1. The van der Waals surface area contributed by atoms with Gasteiger partial charge in [-0.3, -0.25) is 0 Å². The normalized spacial score (nSPS) is 22.7. The predicted molar refractivity (Wildman–Crippen MR) is 140 cm³/mol. The van der Waals surface area contributed by atoms with Crippen molar-refractivity contribution in [2.45, 2.75) is 49.5 Å². The fraction of sp³-hybridized carbons (Fsp3) is 0.419. The van der Waals surface area contributed by atoms with Crippen LogP contribution in [0.5, 0.6) is 0 Å². The van der Waals surface area contributed by atoms with E-state index in [1.165, 1.54) is 5.56 Å². The molecule has 0 bridgehead atoms. The second-order valence-electron chi connectivity index (χ2n) is 10.4. The number of hydrogen-bond acceptors (Lipinski definition) is 3. The Morgan fingerprint density at radius 2 is 1.57 bits per heavy atom. The minimum Gasteiger partial charge on any atom is -0.385 e. The summed E-state index contributed by atoms with van der Waals surface area (Å²) in [7, 11) is 0. The highest BCUT2D eigenvalue weighted by Gasteiger charge is 2.38. The molecular formula is C31H36FN2O. The lowest BCUT2D eigenvalue weighted by Crippen LogP contribution is -2.47. The number of para-hydroxylation sites is 1. The molecule has 2 heterocycles. The zero-order valence-electron chi connectivity index (χ0n) is 20.5. The highest BCUT2D eigenvalue weighted by molar-refractivity contribution is 5.47. The topological polar surface area (TPSA) is 26.7 Å². The molecule has 1 N–H and O–H groups in total.